The van der Waals surface area contributed by atoms with Crippen molar-refractivity contribution in [1.29, 1.82) is 0 Å². The lowest BCUT2D eigenvalue weighted by Gasteiger charge is -2.33. The van der Waals surface area contributed by atoms with Crippen molar-refractivity contribution in [1.82, 2.24) is 4.31 Å². The molecule has 1 atom stereocenters. The van der Waals surface area contributed by atoms with Crippen molar-refractivity contribution < 1.29 is 8.42 Å². The summed E-state index contributed by atoms with van der Waals surface area (Å²) in [4.78, 5) is 0.378. The number of nitrogens with zero attached hydrogens (tertiary/aromatic N) is 1. The summed E-state index contributed by atoms with van der Waals surface area (Å²) in [5.74, 6) is 0. The monoisotopic (exact) mass is 268 g/mol. The lowest BCUT2D eigenvalue weighted by atomic mass is 10.1. The zero-order valence-corrected chi connectivity index (χ0v) is 11.5. The van der Waals surface area contributed by atoms with E-state index in [9.17, 15) is 8.42 Å². The van der Waals surface area contributed by atoms with E-state index in [-0.39, 0.29) is 6.04 Å². The standard InChI is InChI=1S/C13H20N2O2S/c1-11-5-4-7-13(9-11)18(16,17)15-8-3-2-6-12(15)10-14/h4-5,7,9,12H,2-3,6,8,10,14H2,1H3. The van der Waals surface area contributed by atoms with Gasteiger partial charge in [-0.3, -0.25) is 0 Å². The molecule has 0 radical (unpaired) electrons. The van der Waals surface area contributed by atoms with Crippen molar-refractivity contribution >= 4 is 10.0 Å². The fourth-order valence-corrected chi connectivity index (χ4v) is 4.25. The molecule has 1 saturated heterocycles. The predicted molar refractivity (Wildman–Crippen MR) is 71.8 cm³/mol. The summed E-state index contributed by atoms with van der Waals surface area (Å²) in [6, 6.07) is 7.01. The average Bonchev–Trinajstić information content (AvgIpc) is 2.38. The van der Waals surface area contributed by atoms with Crippen LogP contribution in [0.1, 0.15) is 24.8 Å². The topological polar surface area (TPSA) is 63.4 Å². The molecule has 0 amide bonds. The lowest BCUT2D eigenvalue weighted by molar-refractivity contribution is 0.257. The van der Waals surface area contributed by atoms with Gasteiger partial charge in [-0.2, -0.15) is 4.31 Å². The Kier molecular flexibility index (Phi) is 4.04. The normalized spacial score (nSPS) is 22.0. The Morgan fingerprint density at radius 2 is 2.17 bits per heavy atom. The van der Waals surface area contributed by atoms with E-state index in [2.05, 4.69) is 0 Å². The largest absolute Gasteiger partial charge is 0.329 e. The van der Waals surface area contributed by atoms with E-state index in [4.69, 9.17) is 5.73 Å². The van der Waals surface area contributed by atoms with Crippen molar-refractivity contribution in [2.75, 3.05) is 13.1 Å². The van der Waals surface area contributed by atoms with Gasteiger partial charge in [0, 0.05) is 19.1 Å². The maximum atomic E-state index is 12.6. The van der Waals surface area contributed by atoms with Gasteiger partial charge in [0.25, 0.3) is 0 Å². The number of benzene rings is 1. The fraction of sp³-hybridized carbons (Fsp3) is 0.538. The molecule has 4 nitrogen and oxygen atoms in total. The van der Waals surface area contributed by atoms with Crippen molar-refractivity contribution in [3.8, 4) is 0 Å². The van der Waals surface area contributed by atoms with Crippen molar-refractivity contribution in [3.63, 3.8) is 0 Å². The minimum absolute atomic E-state index is 0.0516. The summed E-state index contributed by atoms with van der Waals surface area (Å²) in [7, 11) is -3.39. The molecule has 0 aliphatic carbocycles. The van der Waals surface area contributed by atoms with E-state index >= 15 is 0 Å². The molecule has 5 heteroatoms. The molecule has 2 rings (SSSR count). The van der Waals surface area contributed by atoms with Gasteiger partial charge in [0.15, 0.2) is 0 Å². The van der Waals surface area contributed by atoms with E-state index < -0.39 is 10.0 Å². The first-order valence-corrected chi connectivity index (χ1v) is 7.78. The second kappa shape index (κ2) is 5.38. The summed E-state index contributed by atoms with van der Waals surface area (Å²) >= 11 is 0. The molecule has 1 aromatic rings. The van der Waals surface area contributed by atoms with Gasteiger partial charge in [-0.1, -0.05) is 18.6 Å². The van der Waals surface area contributed by atoms with Crippen LogP contribution in [0.2, 0.25) is 0 Å². The molecule has 2 N–H and O–H groups in total. The Balaban J connectivity index is 2.35. The van der Waals surface area contributed by atoms with Crippen LogP contribution < -0.4 is 5.73 Å². The minimum atomic E-state index is -3.39. The van der Waals surface area contributed by atoms with Gasteiger partial charge in [0.1, 0.15) is 0 Å². The van der Waals surface area contributed by atoms with Crippen LogP contribution in [-0.4, -0.2) is 31.9 Å². The molecular formula is C13H20N2O2S. The van der Waals surface area contributed by atoms with Crippen molar-refractivity contribution in [2.45, 2.75) is 37.1 Å². The number of rotatable bonds is 3. The predicted octanol–water partition coefficient (Wildman–Crippen LogP) is 1.50. The summed E-state index contributed by atoms with van der Waals surface area (Å²) in [5, 5.41) is 0. The molecular weight excluding hydrogens is 248 g/mol. The van der Waals surface area contributed by atoms with Crippen LogP contribution in [0.5, 0.6) is 0 Å². The average molecular weight is 268 g/mol. The number of piperidine rings is 1. The first kappa shape index (κ1) is 13.5. The SMILES string of the molecule is Cc1cccc(S(=O)(=O)N2CCCCC2CN)c1. The highest BCUT2D eigenvalue weighted by molar-refractivity contribution is 7.89. The van der Waals surface area contributed by atoms with E-state index in [0.717, 1.165) is 24.8 Å². The van der Waals surface area contributed by atoms with Crippen LogP contribution in [0.25, 0.3) is 0 Å². The molecule has 0 spiro atoms. The van der Waals surface area contributed by atoms with E-state index in [1.54, 1.807) is 22.5 Å². The van der Waals surface area contributed by atoms with Gasteiger partial charge in [0.05, 0.1) is 4.90 Å². The first-order chi connectivity index (χ1) is 8.55. The molecule has 1 aliphatic heterocycles. The maximum Gasteiger partial charge on any atom is 0.243 e. The second-order valence-electron chi connectivity index (χ2n) is 4.82. The first-order valence-electron chi connectivity index (χ1n) is 6.34. The number of hydrogen-bond donors (Lipinski definition) is 1. The molecule has 1 aliphatic rings. The Morgan fingerprint density at radius 3 is 2.83 bits per heavy atom. The van der Waals surface area contributed by atoms with Gasteiger partial charge in [0.2, 0.25) is 10.0 Å². The molecule has 18 heavy (non-hydrogen) atoms. The Hall–Kier alpha value is -0.910. The Labute approximate surface area is 109 Å². The third-order valence-corrected chi connectivity index (χ3v) is 5.39. The van der Waals surface area contributed by atoms with Gasteiger partial charge in [-0.15, -0.1) is 0 Å². The molecule has 1 unspecified atom stereocenters. The number of sulfonamides is 1. The van der Waals surface area contributed by atoms with Crippen molar-refractivity contribution in [3.05, 3.63) is 29.8 Å². The van der Waals surface area contributed by atoms with Gasteiger partial charge >= 0.3 is 0 Å². The summed E-state index contributed by atoms with van der Waals surface area (Å²) in [6.45, 7) is 2.87. The fourth-order valence-electron chi connectivity index (χ4n) is 2.44. The molecule has 1 aromatic carbocycles. The highest BCUT2D eigenvalue weighted by atomic mass is 32.2. The second-order valence-corrected chi connectivity index (χ2v) is 6.71. The lowest BCUT2D eigenvalue weighted by Crippen LogP contribution is -2.47. The van der Waals surface area contributed by atoms with Gasteiger partial charge < -0.3 is 5.73 Å². The van der Waals surface area contributed by atoms with Crippen LogP contribution in [-0.2, 0) is 10.0 Å². The van der Waals surface area contributed by atoms with E-state index in [0.29, 0.717) is 18.0 Å². The maximum absolute atomic E-state index is 12.6. The number of hydrogen-bond acceptors (Lipinski definition) is 3. The summed E-state index contributed by atoms with van der Waals surface area (Å²) < 4.78 is 26.7. The van der Waals surface area contributed by atoms with Gasteiger partial charge in [-0.05, 0) is 37.5 Å². The summed E-state index contributed by atoms with van der Waals surface area (Å²) in [5.41, 5.74) is 6.65. The zero-order valence-electron chi connectivity index (χ0n) is 10.7. The molecule has 100 valence electrons. The van der Waals surface area contributed by atoms with E-state index in [1.807, 2.05) is 13.0 Å². The molecule has 1 fully saturated rings. The molecule has 0 aromatic heterocycles. The number of nitrogens with two attached hydrogens (primary N) is 1. The third-order valence-electron chi connectivity index (χ3n) is 3.44. The minimum Gasteiger partial charge on any atom is -0.329 e. The Morgan fingerprint density at radius 1 is 1.39 bits per heavy atom. The number of aryl methyl sites for hydroxylation is 1. The Bertz CT molecular complexity index is 513. The van der Waals surface area contributed by atoms with Crippen LogP contribution in [0, 0.1) is 6.92 Å². The molecule has 1 heterocycles. The highest BCUT2D eigenvalue weighted by Crippen LogP contribution is 2.25. The van der Waals surface area contributed by atoms with E-state index in [1.165, 1.54) is 0 Å². The van der Waals surface area contributed by atoms with Gasteiger partial charge in [-0.25, -0.2) is 8.42 Å². The van der Waals surface area contributed by atoms with Crippen molar-refractivity contribution in [2.24, 2.45) is 5.73 Å². The zero-order chi connectivity index (χ0) is 13.2. The molecule has 0 bridgehead atoms. The molecule has 0 saturated carbocycles. The summed E-state index contributed by atoms with van der Waals surface area (Å²) in [6.07, 6.45) is 2.84. The quantitative estimate of drug-likeness (QED) is 0.903. The smallest absolute Gasteiger partial charge is 0.243 e. The van der Waals surface area contributed by atoms with Crippen LogP contribution >= 0.6 is 0 Å². The van der Waals surface area contributed by atoms with Crippen LogP contribution in [0.15, 0.2) is 29.2 Å². The third kappa shape index (κ3) is 2.58. The van der Waals surface area contributed by atoms with Crippen LogP contribution in [0.3, 0.4) is 0 Å². The van der Waals surface area contributed by atoms with Crippen LogP contribution in [0.4, 0.5) is 0 Å². The highest BCUT2D eigenvalue weighted by Gasteiger charge is 2.32.